The van der Waals surface area contributed by atoms with Crippen LogP contribution in [0.25, 0.3) is 0 Å². The number of hydrogen-bond acceptors (Lipinski definition) is 2. The summed E-state index contributed by atoms with van der Waals surface area (Å²) in [6.07, 6.45) is 4.14. The standard InChI is InChI=1S/C12H15NO/c1-8-4-2-7-11-12(8)13-9-5-3-6-10(9)14-11/h2,4,7,9-10,13H,3,5-6H2,1H3. The van der Waals surface area contributed by atoms with Crippen molar-refractivity contribution < 1.29 is 4.74 Å². The first-order valence-electron chi connectivity index (χ1n) is 5.37. The molecule has 14 heavy (non-hydrogen) atoms. The molecule has 3 rings (SSSR count). The van der Waals surface area contributed by atoms with Crippen molar-refractivity contribution in [1.82, 2.24) is 0 Å². The van der Waals surface area contributed by atoms with E-state index in [2.05, 4.69) is 30.4 Å². The van der Waals surface area contributed by atoms with E-state index in [4.69, 9.17) is 4.74 Å². The highest BCUT2D eigenvalue weighted by atomic mass is 16.5. The highest BCUT2D eigenvalue weighted by Crippen LogP contribution is 2.38. The molecule has 2 unspecified atom stereocenters. The molecule has 1 heterocycles. The van der Waals surface area contributed by atoms with Gasteiger partial charge in [0, 0.05) is 0 Å². The first-order chi connectivity index (χ1) is 6.84. The van der Waals surface area contributed by atoms with Crippen LogP contribution in [0.3, 0.4) is 0 Å². The summed E-state index contributed by atoms with van der Waals surface area (Å²) in [6, 6.07) is 6.79. The Kier molecular flexibility index (Phi) is 1.69. The third kappa shape index (κ3) is 1.10. The zero-order chi connectivity index (χ0) is 9.54. The van der Waals surface area contributed by atoms with Gasteiger partial charge in [-0.3, -0.25) is 0 Å². The Balaban J connectivity index is 2.01. The number of ether oxygens (including phenoxy) is 1. The summed E-state index contributed by atoms with van der Waals surface area (Å²) in [5, 5.41) is 3.60. The molecule has 1 saturated carbocycles. The molecule has 2 nitrogen and oxygen atoms in total. The summed E-state index contributed by atoms with van der Waals surface area (Å²) in [5.74, 6) is 1.04. The highest BCUT2D eigenvalue weighted by molar-refractivity contribution is 5.63. The Bertz CT molecular complexity index is 361. The molecule has 0 saturated heterocycles. The maximum atomic E-state index is 5.97. The molecule has 0 spiro atoms. The van der Waals surface area contributed by atoms with Crippen LogP contribution in [0.15, 0.2) is 18.2 Å². The van der Waals surface area contributed by atoms with Gasteiger partial charge in [0.25, 0.3) is 0 Å². The van der Waals surface area contributed by atoms with Gasteiger partial charge >= 0.3 is 0 Å². The number of rotatable bonds is 0. The molecule has 1 N–H and O–H groups in total. The second kappa shape index (κ2) is 2.91. The number of hydrogen-bond donors (Lipinski definition) is 1. The van der Waals surface area contributed by atoms with Gasteiger partial charge in [-0.25, -0.2) is 0 Å². The molecule has 1 aromatic rings. The molecule has 1 aliphatic carbocycles. The molecule has 1 aliphatic heterocycles. The fourth-order valence-electron chi connectivity index (χ4n) is 2.50. The lowest BCUT2D eigenvalue weighted by atomic mass is 10.1. The van der Waals surface area contributed by atoms with Gasteiger partial charge < -0.3 is 10.1 Å². The predicted octanol–water partition coefficient (Wildman–Crippen LogP) is 2.72. The number of nitrogens with one attached hydrogen (secondary N) is 1. The molecular weight excluding hydrogens is 174 g/mol. The summed E-state index contributed by atoms with van der Waals surface area (Å²) < 4.78 is 5.97. The molecule has 2 aliphatic rings. The Hall–Kier alpha value is -1.18. The van der Waals surface area contributed by atoms with Crippen molar-refractivity contribution in [2.75, 3.05) is 5.32 Å². The van der Waals surface area contributed by atoms with Gasteiger partial charge in [0.15, 0.2) is 0 Å². The molecule has 1 aromatic carbocycles. The summed E-state index contributed by atoms with van der Waals surface area (Å²) in [5.41, 5.74) is 2.49. The zero-order valence-corrected chi connectivity index (χ0v) is 8.42. The second-order valence-corrected chi connectivity index (χ2v) is 4.29. The number of anilines is 1. The van der Waals surface area contributed by atoms with Crippen molar-refractivity contribution in [3.8, 4) is 5.75 Å². The summed E-state index contributed by atoms with van der Waals surface area (Å²) in [7, 11) is 0. The highest BCUT2D eigenvalue weighted by Gasteiger charge is 2.33. The van der Waals surface area contributed by atoms with Gasteiger partial charge in [-0.2, -0.15) is 0 Å². The molecule has 2 atom stereocenters. The lowest BCUT2D eigenvalue weighted by Gasteiger charge is -2.31. The average molecular weight is 189 g/mol. The molecule has 0 amide bonds. The second-order valence-electron chi connectivity index (χ2n) is 4.29. The maximum absolute atomic E-state index is 5.97. The Morgan fingerprint density at radius 2 is 2.29 bits per heavy atom. The molecule has 2 heteroatoms. The smallest absolute Gasteiger partial charge is 0.143 e. The van der Waals surface area contributed by atoms with Gasteiger partial charge in [-0.15, -0.1) is 0 Å². The van der Waals surface area contributed by atoms with E-state index < -0.39 is 0 Å². The van der Waals surface area contributed by atoms with Gasteiger partial charge in [-0.05, 0) is 37.8 Å². The zero-order valence-electron chi connectivity index (χ0n) is 8.42. The van der Waals surface area contributed by atoms with E-state index in [1.165, 1.54) is 30.5 Å². The van der Waals surface area contributed by atoms with Gasteiger partial charge in [0.2, 0.25) is 0 Å². The van der Waals surface area contributed by atoms with E-state index in [-0.39, 0.29) is 0 Å². The number of aryl methyl sites for hydroxylation is 1. The van der Waals surface area contributed by atoms with Gasteiger partial charge in [0.1, 0.15) is 11.9 Å². The van der Waals surface area contributed by atoms with Gasteiger partial charge in [-0.1, -0.05) is 12.1 Å². The van der Waals surface area contributed by atoms with E-state index in [0.717, 1.165) is 5.75 Å². The third-order valence-corrected chi connectivity index (χ3v) is 3.30. The van der Waals surface area contributed by atoms with Gasteiger partial charge in [0.05, 0.1) is 11.7 Å². The van der Waals surface area contributed by atoms with Crippen LogP contribution >= 0.6 is 0 Å². The van der Waals surface area contributed by atoms with Crippen molar-refractivity contribution in [2.24, 2.45) is 0 Å². The Morgan fingerprint density at radius 3 is 3.21 bits per heavy atom. The van der Waals surface area contributed by atoms with E-state index in [9.17, 15) is 0 Å². The quantitative estimate of drug-likeness (QED) is 0.677. The predicted molar refractivity (Wildman–Crippen MR) is 56.9 cm³/mol. The Labute approximate surface area is 84.3 Å². The third-order valence-electron chi connectivity index (χ3n) is 3.30. The van der Waals surface area contributed by atoms with Crippen LogP contribution in [0.2, 0.25) is 0 Å². The fraction of sp³-hybridized carbons (Fsp3) is 0.500. The summed E-state index contributed by atoms with van der Waals surface area (Å²) >= 11 is 0. The lowest BCUT2D eigenvalue weighted by Crippen LogP contribution is -2.37. The van der Waals surface area contributed by atoms with Crippen molar-refractivity contribution >= 4 is 5.69 Å². The van der Waals surface area contributed by atoms with Crippen LogP contribution in [0, 0.1) is 6.92 Å². The van der Waals surface area contributed by atoms with Crippen LogP contribution in [-0.4, -0.2) is 12.1 Å². The monoisotopic (exact) mass is 189 g/mol. The summed E-state index contributed by atoms with van der Waals surface area (Å²) in [4.78, 5) is 0. The van der Waals surface area contributed by atoms with E-state index >= 15 is 0 Å². The van der Waals surface area contributed by atoms with E-state index in [0.29, 0.717) is 12.1 Å². The largest absolute Gasteiger partial charge is 0.486 e. The normalized spacial score (nSPS) is 28.6. The van der Waals surface area contributed by atoms with Crippen molar-refractivity contribution in [1.29, 1.82) is 0 Å². The van der Waals surface area contributed by atoms with E-state index in [1.54, 1.807) is 0 Å². The number of benzene rings is 1. The van der Waals surface area contributed by atoms with Crippen LogP contribution in [-0.2, 0) is 0 Å². The topological polar surface area (TPSA) is 21.3 Å². The summed E-state index contributed by atoms with van der Waals surface area (Å²) in [6.45, 7) is 2.13. The van der Waals surface area contributed by atoms with E-state index in [1.807, 2.05) is 0 Å². The Morgan fingerprint density at radius 1 is 1.36 bits per heavy atom. The number of para-hydroxylation sites is 1. The van der Waals surface area contributed by atoms with Crippen molar-refractivity contribution in [3.63, 3.8) is 0 Å². The van der Waals surface area contributed by atoms with Crippen molar-refractivity contribution in [2.45, 2.75) is 38.3 Å². The minimum absolute atomic E-state index is 0.407. The molecular formula is C12H15NO. The molecule has 0 bridgehead atoms. The molecule has 1 fully saturated rings. The van der Waals surface area contributed by atoms with Crippen molar-refractivity contribution in [3.05, 3.63) is 23.8 Å². The molecule has 0 aromatic heterocycles. The first kappa shape index (κ1) is 8.16. The minimum atomic E-state index is 0.407. The molecule has 0 radical (unpaired) electrons. The maximum Gasteiger partial charge on any atom is 0.143 e. The average Bonchev–Trinajstić information content (AvgIpc) is 2.62. The van der Waals surface area contributed by atoms with Crippen LogP contribution < -0.4 is 10.1 Å². The van der Waals surface area contributed by atoms with Crippen LogP contribution in [0.1, 0.15) is 24.8 Å². The minimum Gasteiger partial charge on any atom is -0.486 e. The number of fused-ring (bicyclic) bond motifs is 2. The molecule has 74 valence electrons. The fourth-order valence-corrected chi connectivity index (χ4v) is 2.50. The first-order valence-corrected chi connectivity index (χ1v) is 5.37. The van der Waals surface area contributed by atoms with Crippen LogP contribution in [0.4, 0.5) is 5.69 Å². The lowest BCUT2D eigenvalue weighted by molar-refractivity contribution is 0.188. The SMILES string of the molecule is Cc1cccc2c1NC1CCCC1O2. The van der Waals surface area contributed by atoms with Crippen LogP contribution in [0.5, 0.6) is 5.75 Å².